The molecule has 1 heterocycles. The Balaban J connectivity index is 1.64. The van der Waals surface area contributed by atoms with E-state index in [1.165, 1.54) is 24.1 Å². The monoisotopic (exact) mass is 307 g/mol. The van der Waals surface area contributed by atoms with Crippen LogP contribution >= 0.6 is 0 Å². The van der Waals surface area contributed by atoms with Crippen molar-refractivity contribution in [3.63, 3.8) is 0 Å². The molecule has 6 heteroatoms. The van der Waals surface area contributed by atoms with Gasteiger partial charge in [0, 0.05) is 51.7 Å². The van der Waals surface area contributed by atoms with E-state index in [0.29, 0.717) is 0 Å². The minimum atomic E-state index is 0.739. The summed E-state index contributed by atoms with van der Waals surface area (Å²) in [6.45, 7) is 7.49. The minimum Gasteiger partial charge on any atom is -0.381 e. The number of hydrogen-bond acceptors (Lipinski definition) is 3. The first-order chi connectivity index (χ1) is 10.6. The Morgan fingerprint density at radius 1 is 1.36 bits per heavy atom. The van der Waals surface area contributed by atoms with Gasteiger partial charge in [-0.25, -0.2) is 0 Å². The molecule has 1 aromatic rings. The highest BCUT2D eigenvalue weighted by atomic mass is 16.5. The van der Waals surface area contributed by atoms with Gasteiger partial charge >= 0.3 is 0 Å². The molecular formula is C16H29N5O. The van der Waals surface area contributed by atoms with Crippen LogP contribution in [0.25, 0.3) is 0 Å². The first kappa shape index (κ1) is 16.8. The molecule has 0 bridgehead atoms. The molecule has 0 atom stereocenters. The van der Waals surface area contributed by atoms with Crippen LogP contribution in [0.1, 0.15) is 36.2 Å². The summed E-state index contributed by atoms with van der Waals surface area (Å²) in [5.74, 6) is 1.66. The lowest BCUT2D eigenvalue weighted by Crippen LogP contribution is -2.37. The molecule has 6 nitrogen and oxygen atoms in total. The van der Waals surface area contributed by atoms with Gasteiger partial charge in [-0.3, -0.25) is 9.67 Å². The number of nitrogens with one attached hydrogen (secondary N) is 2. The Bertz CT molecular complexity index is 505. The molecular weight excluding hydrogens is 278 g/mol. The Morgan fingerprint density at radius 3 is 2.73 bits per heavy atom. The van der Waals surface area contributed by atoms with Crippen LogP contribution in [-0.4, -0.2) is 42.5 Å². The van der Waals surface area contributed by atoms with Crippen molar-refractivity contribution in [1.29, 1.82) is 0 Å². The fourth-order valence-corrected chi connectivity index (χ4v) is 2.38. The van der Waals surface area contributed by atoms with Gasteiger partial charge in [0.2, 0.25) is 0 Å². The van der Waals surface area contributed by atoms with Crippen LogP contribution in [0.3, 0.4) is 0 Å². The molecule has 0 radical (unpaired) electrons. The van der Waals surface area contributed by atoms with Gasteiger partial charge in [0.15, 0.2) is 5.96 Å². The van der Waals surface area contributed by atoms with E-state index < -0.39 is 0 Å². The maximum atomic E-state index is 5.63. The number of aryl methyl sites for hydroxylation is 2. The SMILES string of the molecule is CN=C(NCCCOCC1CC1)NCc1c(C)nn(C)c1C. The lowest BCUT2D eigenvalue weighted by atomic mass is 10.2. The molecule has 2 N–H and O–H groups in total. The highest BCUT2D eigenvalue weighted by Gasteiger charge is 2.20. The molecule has 1 aliphatic rings. The van der Waals surface area contributed by atoms with Crippen LogP contribution in [-0.2, 0) is 18.3 Å². The zero-order valence-corrected chi connectivity index (χ0v) is 14.3. The van der Waals surface area contributed by atoms with Gasteiger partial charge in [0.1, 0.15) is 0 Å². The Labute approximate surface area is 133 Å². The summed E-state index contributed by atoms with van der Waals surface area (Å²) in [4.78, 5) is 4.25. The summed E-state index contributed by atoms with van der Waals surface area (Å²) in [5.41, 5.74) is 3.49. The molecule has 0 amide bonds. The van der Waals surface area contributed by atoms with E-state index >= 15 is 0 Å². The summed E-state index contributed by atoms with van der Waals surface area (Å²) in [6.07, 6.45) is 3.70. The van der Waals surface area contributed by atoms with Crippen LogP contribution in [0, 0.1) is 19.8 Å². The summed E-state index contributed by atoms with van der Waals surface area (Å²) in [5, 5.41) is 11.1. The third-order valence-corrected chi connectivity index (χ3v) is 4.12. The molecule has 1 fully saturated rings. The van der Waals surface area contributed by atoms with Gasteiger partial charge < -0.3 is 15.4 Å². The van der Waals surface area contributed by atoms with Gasteiger partial charge in [-0.15, -0.1) is 0 Å². The van der Waals surface area contributed by atoms with Crippen molar-refractivity contribution in [2.45, 2.75) is 39.7 Å². The number of nitrogens with zero attached hydrogens (tertiary/aromatic N) is 3. The molecule has 0 unspecified atom stereocenters. The van der Waals surface area contributed by atoms with E-state index in [0.717, 1.165) is 50.3 Å². The third-order valence-electron chi connectivity index (χ3n) is 4.12. The number of aliphatic imine (C=N–C) groups is 1. The molecule has 1 aliphatic carbocycles. The quantitative estimate of drug-likeness (QED) is 0.434. The van der Waals surface area contributed by atoms with Gasteiger partial charge in [-0.2, -0.15) is 5.10 Å². The molecule has 22 heavy (non-hydrogen) atoms. The molecule has 0 spiro atoms. The summed E-state index contributed by atoms with van der Waals surface area (Å²) < 4.78 is 7.54. The second kappa shape index (κ2) is 8.17. The predicted molar refractivity (Wildman–Crippen MR) is 89.0 cm³/mol. The zero-order valence-electron chi connectivity index (χ0n) is 14.3. The largest absolute Gasteiger partial charge is 0.381 e. The van der Waals surface area contributed by atoms with Crippen molar-refractivity contribution < 1.29 is 4.74 Å². The summed E-state index contributed by atoms with van der Waals surface area (Å²) in [7, 11) is 3.77. The van der Waals surface area contributed by atoms with Crippen molar-refractivity contribution in [2.75, 3.05) is 26.8 Å². The molecule has 1 aromatic heterocycles. The first-order valence-electron chi connectivity index (χ1n) is 8.13. The predicted octanol–water partition coefficient (Wildman–Crippen LogP) is 1.52. The van der Waals surface area contributed by atoms with E-state index in [-0.39, 0.29) is 0 Å². The summed E-state index contributed by atoms with van der Waals surface area (Å²) in [6, 6.07) is 0. The standard InChI is InChI=1S/C16H29N5O/c1-12-15(13(2)21(4)20-12)10-19-16(17-3)18-8-5-9-22-11-14-6-7-14/h14H,5-11H2,1-4H3,(H2,17,18,19). The van der Waals surface area contributed by atoms with E-state index in [4.69, 9.17) is 4.74 Å². The average Bonchev–Trinajstić information content (AvgIpc) is 3.28. The average molecular weight is 307 g/mol. The van der Waals surface area contributed by atoms with Gasteiger partial charge in [-0.1, -0.05) is 0 Å². The molecule has 2 rings (SSSR count). The molecule has 124 valence electrons. The minimum absolute atomic E-state index is 0.739. The normalized spacial score (nSPS) is 15.2. The first-order valence-corrected chi connectivity index (χ1v) is 8.13. The van der Waals surface area contributed by atoms with Crippen molar-refractivity contribution >= 4 is 5.96 Å². The van der Waals surface area contributed by atoms with Crippen molar-refractivity contribution in [1.82, 2.24) is 20.4 Å². The Hall–Kier alpha value is -1.56. The lowest BCUT2D eigenvalue weighted by molar-refractivity contribution is 0.123. The number of rotatable bonds is 8. The van der Waals surface area contributed by atoms with Crippen molar-refractivity contribution in [3.8, 4) is 0 Å². The fourth-order valence-electron chi connectivity index (χ4n) is 2.38. The van der Waals surface area contributed by atoms with Gasteiger partial charge in [-0.05, 0) is 39.0 Å². The van der Waals surface area contributed by atoms with Crippen LogP contribution in [0.2, 0.25) is 0 Å². The number of ether oxygens (including phenoxy) is 1. The van der Waals surface area contributed by atoms with Crippen LogP contribution in [0.4, 0.5) is 0 Å². The molecule has 0 aliphatic heterocycles. The van der Waals surface area contributed by atoms with E-state index in [1.54, 1.807) is 7.05 Å². The highest BCUT2D eigenvalue weighted by Crippen LogP contribution is 2.28. The Kier molecular flexibility index (Phi) is 6.24. The van der Waals surface area contributed by atoms with Gasteiger partial charge in [0.25, 0.3) is 0 Å². The van der Waals surface area contributed by atoms with Crippen molar-refractivity contribution in [3.05, 3.63) is 17.0 Å². The maximum absolute atomic E-state index is 5.63. The highest BCUT2D eigenvalue weighted by molar-refractivity contribution is 5.79. The van der Waals surface area contributed by atoms with E-state index in [1.807, 2.05) is 18.7 Å². The number of guanidine groups is 1. The molecule has 0 saturated heterocycles. The second-order valence-corrected chi connectivity index (χ2v) is 6.00. The number of aromatic nitrogens is 2. The Morgan fingerprint density at radius 2 is 2.14 bits per heavy atom. The van der Waals surface area contributed by atoms with E-state index in [9.17, 15) is 0 Å². The maximum Gasteiger partial charge on any atom is 0.191 e. The van der Waals surface area contributed by atoms with Crippen LogP contribution in [0.15, 0.2) is 4.99 Å². The zero-order chi connectivity index (χ0) is 15.9. The van der Waals surface area contributed by atoms with Crippen molar-refractivity contribution in [2.24, 2.45) is 18.0 Å². The smallest absolute Gasteiger partial charge is 0.191 e. The van der Waals surface area contributed by atoms with Crippen LogP contribution in [0.5, 0.6) is 0 Å². The second-order valence-electron chi connectivity index (χ2n) is 6.00. The topological polar surface area (TPSA) is 63.5 Å². The van der Waals surface area contributed by atoms with E-state index in [2.05, 4.69) is 27.6 Å². The van der Waals surface area contributed by atoms with Gasteiger partial charge in [0.05, 0.1) is 5.69 Å². The fraction of sp³-hybridized carbons (Fsp3) is 0.750. The molecule has 0 aromatic carbocycles. The summed E-state index contributed by atoms with van der Waals surface area (Å²) >= 11 is 0. The number of hydrogen-bond donors (Lipinski definition) is 2. The third kappa shape index (κ3) is 5.02. The van der Waals surface area contributed by atoms with Crippen LogP contribution < -0.4 is 10.6 Å². The molecule has 1 saturated carbocycles. The lowest BCUT2D eigenvalue weighted by Gasteiger charge is -2.12.